The number of ether oxygens (including phenoxy) is 2. The van der Waals surface area contributed by atoms with Gasteiger partial charge in [0.1, 0.15) is 10.9 Å². The predicted octanol–water partition coefficient (Wildman–Crippen LogP) is 4.38. The minimum Gasteiger partial charge on any atom is -0.488 e. The highest BCUT2D eigenvalue weighted by molar-refractivity contribution is 6.29. The van der Waals surface area contributed by atoms with Crippen LogP contribution >= 0.6 is 11.6 Å². The first-order valence-corrected chi connectivity index (χ1v) is 7.47. The summed E-state index contributed by atoms with van der Waals surface area (Å²) < 4.78 is 11.3. The Morgan fingerprint density at radius 2 is 2.04 bits per heavy atom. The molecule has 0 bridgehead atoms. The fourth-order valence-electron chi connectivity index (χ4n) is 2.03. The van der Waals surface area contributed by atoms with Crippen LogP contribution in [-0.4, -0.2) is 21.6 Å². The first-order chi connectivity index (χ1) is 11.3. The summed E-state index contributed by atoms with van der Waals surface area (Å²) in [7, 11) is 0. The van der Waals surface area contributed by atoms with E-state index in [2.05, 4.69) is 15.0 Å². The number of hydrogen-bond donors (Lipinski definition) is 0. The molecule has 2 aromatic heterocycles. The van der Waals surface area contributed by atoms with Gasteiger partial charge in [-0.05, 0) is 31.2 Å². The fourth-order valence-corrected chi connectivity index (χ4v) is 2.18. The standard InChI is InChI=1S/C17H14ClN3O2/c1-2-22-15-7-4-8-20-17(15)23-13-6-3-5-12(9-13)14-10-19-11-16(18)21-14/h3-11H,2H2,1H3. The van der Waals surface area contributed by atoms with E-state index in [1.165, 1.54) is 6.20 Å². The first kappa shape index (κ1) is 15.2. The van der Waals surface area contributed by atoms with Gasteiger partial charge in [-0.15, -0.1) is 0 Å². The Hall–Kier alpha value is -2.66. The van der Waals surface area contributed by atoms with E-state index in [1.54, 1.807) is 18.5 Å². The summed E-state index contributed by atoms with van der Waals surface area (Å²) in [6.07, 6.45) is 4.80. The van der Waals surface area contributed by atoms with Crippen molar-refractivity contribution in [3.8, 4) is 28.6 Å². The Bertz CT molecular complexity index is 811. The third-order valence-electron chi connectivity index (χ3n) is 2.99. The van der Waals surface area contributed by atoms with Gasteiger partial charge in [0.05, 0.1) is 24.7 Å². The van der Waals surface area contributed by atoms with E-state index >= 15 is 0 Å². The number of nitrogens with zero attached hydrogens (tertiary/aromatic N) is 3. The van der Waals surface area contributed by atoms with Crippen molar-refractivity contribution in [2.45, 2.75) is 6.92 Å². The van der Waals surface area contributed by atoms with Crippen LogP contribution < -0.4 is 9.47 Å². The van der Waals surface area contributed by atoms with Gasteiger partial charge in [-0.3, -0.25) is 4.98 Å². The van der Waals surface area contributed by atoms with Crippen LogP contribution in [0.3, 0.4) is 0 Å². The molecule has 6 heteroatoms. The molecule has 5 nitrogen and oxygen atoms in total. The molecule has 0 radical (unpaired) electrons. The zero-order valence-corrected chi connectivity index (χ0v) is 13.2. The normalized spacial score (nSPS) is 10.3. The van der Waals surface area contributed by atoms with E-state index in [0.29, 0.717) is 34.8 Å². The van der Waals surface area contributed by atoms with Gasteiger partial charge in [0.25, 0.3) is 5.88 Å². The maximum atomic E-state index is 5.89. The smallest absolute Gasteiger partial charge is 0.262 e. The quantitative estimate of drug-likeness (QED) is 0.696. The second-order valence-corrected chi connectivity index (χ2v) is 4.98. The molecule has 3 rings (SSSR count). The molecule has 0 saturated heterocycles. The predicted molar refractivity (Wildman–Crippen MR) is 88.0 cm³/mol. The Morgan fingerprint density at radius 3 is 2.87 bits per heavy atom. The Kier molecular flexibility index (Phi) is 4.68. The maximum absolute atomic E-state index is 5.89. The van der Waals surface area contributed by atoms with E-state index in [9.17, 15) is 0 Å². The molecular formula is C17H14ClN3O2. The number of aromatic nitrogens is 3. The zero-order valence-electron chi connectivity index (χ0n) is 12.4. The van der Waals surface area contributed by atoms with Crippen LogP contribution in [-0.2, 0) is 0 Å². The summed E-state index contributed by atoms with van der Waals surface area (Å²) in [5.41, 5.74) is 1.53. The molecule has 0 fully saturated rings. The lowest BCUT2D eigenvalue weighted by atomic mass is 10.1. The van der Waals surface area contributed by atoms with Crippen LogP contribution in [0.5, 0.6) is 17.4 Å². The van der Waals surface area contributed by atoms with Crippen molar-refractivity contribution >= 4 is 11.6 Å². The van der Waals surface area contributed by atoms with E-state index in [4.69, 9.17) is 21.1 Å². The number of rotatable bonds is 5. The van der Waals surface area contributed by atoms with E-state index < -0.39 is 0 Å². The number of halogens is 1. The second kappa shape index (κ2) is 7.07. The molecule has 0 atom stereocenters. The molecule has 0 saturated carbocycles. The highest BCUT2D eigenvalue weighted by Crippen LogP contribution is 2.30. The average molecular weight is 328 g/mol. The first-order valence-electron chi connectivity index (χ1n) is 7.10. The summed E-state index contributed by atoms with van der Waals surface area (Å²) in [4.78, 5) is 12.5. The number of hydrogen-bond acceptors (Lipinski definition) is 5. The molecule has 23 heavy (non-hydrogen) atoms. The molecule has 0 aliphatic carbocycles. The largest absolute Gasteiger partial charge is 0.488 e. The molecule has 3 aromatic rings. The van der Waals surface area contributed by atoms with Crippen molar-refractivity contribution < 1.29 is 9.47 Å². The Balaban J connectivity index is 1.89. The van der Waals surface area contributed by atoms with Crippen LogP contribution in [0.15, 0.2) is 55.0 Å². The third kappa shape index (κ3) is 3.76. The number of benzene rings is 1. The van der Waals surface area contributed by atoms with E-state index in [1.807, 2.05) is 37.3 Å². The molecule has 1 aromatic carbocycles. The zero-order chi connectivity index (χ0) is 16.1. The summed E-state index contributed by atoms with van der Waals surface area (Å²) in [5, 5.41) is 0.345. The van der Waals surface area contributed by atoms with Crippen molar-refractivity contribution in [2.24, 2.45) is 0 Å². The molecule has 0 aliphatic heterocycles. The average Bonchev–Trinajstić information content (AvgIpc) is 2.57. The van der Waals surface area contributed by atoms with Crippen LogP contribution in [0.1, 0.15) is 6.92 Å². The molecular weight excluding hydrogens is 314 g/mol. The van der Waals surface area contributed by atoms with Crippen molar-refractivity contribution in [1.29, 1.82) is 0 Å². The van der Waals surface area contributed by atoms with Crippen LogP contribution in [0.4, 0.5) is 0 Å². The summed E-state index contributed by atoms with van der Waals surface area (Å²) >= 11 is 5.89. The van der Waals surface area contributed by atoms with Gasteiger partial charge in [0.2, 0.25) is 0 Å². The second-order valence-electron chi connectivity index (χ2n) is 4.60. The third-order valence-corrected chi connectivity index (χ3v) is 3.17. The summed E-state index contributed by atoms with van der Waals surface area (Å²) in [6.45, 7) is 2.45. The highest BCUT2D eigenvalue weighted by atomic mass is 35.5. The fraction of sp³-hybridized carbons (Fsp3) is 0.118. The van der Waals surface area contributed by atoms with Gasteiger partial charge >= 0.3 is 0 Å². The Morgan fingerprint density at radius 1 is 1.13 bits per heavy atom. The number of pyridine rings is 1. The van der Waals surface area contributed by atoms with Crippen LogP contribution in [0, 0.1) is 0 Å². The minimum atomic E-state index is 0.345. The summed E-state index contributed by atoms with van der Waals surface area (Å²) in [5.74, 6) is 1.65. The van der Waals surface area contributed by atoms with Gasteiger partial charge < -0.3 is 9.47 Å². The Labute approximate surface area is 138 Å². The molecule has 116 valence electrons. The van der Waals surface area contributed by atoms with Crippen molar-refractivity contribution in [3.05, 3.63) is 60.1 Å². The SMILES string of the molecule is CCOc1cccnc1Oc1cccc(-c2cncc(Cl)n2)c1. The molecule has 0 spiro atoms. The van der Waals surface area contributed by atoms with Crippen molar-refractivity contribution in [1.82, 2.24) is 15.0 Å². The van der Waals surface area contributed by atoms with Gasteiger partial charge in [0.15, 0.2) is 5.75 Å². The van der Waals surface area contributed by atoms with Crippen molar-refractivity contribution in [2.75, 3.05) is 6.61 Å². The molecule has 0 unspecified atom stereocenters. The lowest BCUT2D eigenvalue weighted by molar-refractivity contribution is 0.316. The molecule has 2 heterocycles. The lowest BCUT2D eigenvalue weighted by Crippen LogP contribution is -1.96. The maximum Gasteiger partial charge on any atom is 0.262 e. The van der Waals surface area contributed by atoms with Gasteiger partial charge in [-0.25, -0.2) is 9.97 Å². The molecule has 0 N–H and O–H groups in total. The van der Waals surface area contributed by atoms with E-state index in [-0.39, 0.29) is 0 Å². The topological polar surface area (TPSA) is 57.1 Å². The van der Waals surface area contributed by atoms with Crippen LogP contribution in [0.25, 0.3) is 11.3 Å². The molecule has 0 amide bonds. The highest BCUT2D eigenvalue weighted by Gasteiger charge is 2.08. The van der Waals surface area contributed by atoms with Crippen molar-refractivity contribution in [3.63, 3.8) is 0 Å². The van der Waals surface area contributed by atoms with Gasteiger partial charge in [-0.1, -0.05) is 23.7 Å². The minimum absolute atomic E-state index is 0.345. The van der Waals surface area contributed by atoms with Crippen LogP contribution in [0.2, 0.25) is 5.15 Å². The van der Waals surface area contributed by atoms with Gasteiger partial charge in [0, 0.05) is 11.8 Å². The van der Waals surface area contributed by atoms with E-state index in [0.717, 1.165) is 5.56 Å². The summed E-state index contributed by atoms with van der Waals surface area (Å²) in [6, 6.07) is 11.1. The monoisotopic (exact) mass is 327 g/mol. The lowest BCUT2D eigenvalue weighted by Gasteiger charge is -2.10. The van der Waals surface area contributed by atoms with Gasteiger partial charge in [-0.2, -0.15) is 0 Å². The molecule has 0 aliphatic rings.